The van der Waals surface area contributed by atoms with E-state index in [4.69, 9.17) is 0 Å². The molecule has 0 spiro atoms. The van der Waals surface area contributed by atoms with E-state index in [0.717, 1.165) is 25.9 Å². The van der Waals surface area contributed by atoms with E-state index in [1.54, 1.807) is 18.2 Å². The third-order valence-electron chi connectivity index (χ3n) is 2.46. The van der Waals surface area contributed by atoms with Gasteiger partial charge >= 0.3 is 0 Å². The summed E-state index contributed by atoms with van der Waals surface area (Å²) in [6.07, 6.45) is 1.82. The van der Waals surface area contributed by atoms with Crippen molar-refractivity contribution in [1.82, 2.24) is 6.15 Å². The van der Waals surface area contributed by atoms with Gasteiger partial charge in [-0.1, -0.05) is 26.0 Å². The summed E-state index contributed by atoms with van der Waals surface area (Å²) < 4.78 is 33.6. The number of hydrogen-bond donors (Lipinski definition) is 1. The molecule has 0 bridgehead atoms. The molecule has 0 aliphatic heterocycles. The number of nitrogens with zero attached hydrogens (tertiary/aromatic N) is 1. The lowest BCUT2D eigenvalue weighted by atomic mass is 10.2. The third-order valence-corrected chi connectivity index (χ3v) is 3.35. The number of para-hydroxylation sites is 1. The zero-order valence-corrected chi connectivity index (χ0v) is 12.0. The Morgan fingerprint density at radius 2 is 1.61 bits per heavy atom. The van der Waals surface area contributed by atoms with Crippen LogP contribution in [0.4, 0.5) is 5.69 Å². The summed E-state index contributed by atoms with van der Waals surface area (Å²) in [5.74, 6) is 0. The average Bonchev–Trinajstić information content (AvgIpc) is 2.28. The van der Waals surface area contributed by atoms with Crippen molar-refractivity contribution in [3.05, 3.63) is 24.3 Å². The Bertz CT molecular complexity index is 454. The van der Waals surface area contributed by atoms with Crippen LogP contribution in [0.2, 0.25) is 0 Å². The number of benzene rings is 1. The molecule has 4 N–H and O–H groups in total. The lowest BCUT2D eigenvalue weighted by molar-refractivity contribution is 0.463. The van der Waals surface area contributed by atoms with Crippen LogP contribution in [0, 0.1) is 0 Å². The highest BCUT2D eigenvalue weighted by atomic mass is 32.2. The van der Waals surface area contributed by atoms with Crippen LogP contribution in [0.15, 0.2) is 29.2 Å². The molecule has 104 valence electrons. The van der Waals surface area contributed by atoms with Gasteiger partial charge in [-0.05, 0) is 25.0 Å². The Morgan fingerprint density at radius 1 is 1.11 bits per heavy atom. The van der Waals surface area contributed by atoms with Gasteiger partial charge in [-0.3, -0.25) is 0 Å². The first-order valence-electron chi connectivity index (χ1n) is 5.80. The molecule has 0 atom stereocenters. The molecule has 0 aliphatic rings. The molecule has 6 heteroatoms. The number of quaternary nitrogens is 1. The van der Waals surface area contributed by atoms with Crippen molar-refractivity contribution in [3.63, 3.8) is 0 Å². The molecular formula is C12H22N2O3S. The predicted molar refractivity (Wildman–Crippen MR) is 73.2 cm³/mol. The Hall–Kier alpha value is -1.11. The van der Waals surface area contributed by atoms with Crippen molar-refractivity contribution in [1.29, 1.82) is 0 Å². The average molecular weight is 274 g/mol. The lowest BCUT2D eigenvalue weighted by Gasteiger charge is -2.26. The number of hydrogen-bond acceptors (Lipinski definition) is 4. The Labute approximate surface area is 109 Å². The number of rotatable bonds is 6. The van der Waals surface area contributed by atoms with Crippen molar-refractivity contribution in [2.75, 3.05) is 18.0 Å². The van der Waals surface area contributed by atoms with Crippen molar-refractivity contribution in [2.45, 2.75) is 31.6 Å². The molecule has 0 heterocycles. The predicted octanol–water partition coefficient (Wildman–Crippen LogP) is 2.59. The first kappa shape index (κ1) is 16.9. The molecule has 1 aromatic rings. The molecule has 0 radical (unpaired) electrons. The van der Waals surface area contributed by atoms with Crippen LogP contribution < -0.4 is 11.1 Å². The van der Waals surface area contributed by atoms with E-state index in [9.17, 15) is 13.0 Å². The van der Waals surface area contributed by atoms with Gasteiger partial charge in [0.15, 0.2) is 0 Å². The van der Waals surface area contributed by atoms with Crippen LogP contribution in [0.1, 0.15) is 26.7 Å². The maximum atomic E-state index is 11.2. The van der Waals surface area contributed by atoms with Crippen LogP contribution in [0.25, 0.3) is 0 Å². The number of anilines is 1. The standard InChI is InChI=1S/C12H19NO3S.H3N/c1-3-9-13(10-4-2)11-7-5-6-8-12(11)17(14,15)16;/h5-8H,3-4,9-10H2,1-2H3,(H,14,15,16);1H3. The fraction of sp³-hybridized carbons (Fsp3) is 0.500. The van der Waals surface area contributed by atoms with Crippen LogP contribution >= 0.6 is 0 Å². The zero-order valence-electron chi connectivity index (χ0n) is 11.2. The maximum absolute atomic E-state index is 11.2. The third kappa shape index (κ3) is 4.29. The summed E-state index contributed by atoms with van der Waals surface area (Å²) in [6.45, 7) is 5.55. The van der Waals surface area contributed by atoms with E-state index in [-0.39, 0.29) is 11.0 Å². The van der Waals surface area contributed by atoms with Gasteiger partial charge in [-0.25, -0.2) is 8.42 Å². The van der Waals surface area contributed by atoms with Gasteiger partial charge in [0.2, 0.25) is 0 Å². The van der Waals surface area contributed by atoms with E-state index in [0.29, 0.717) is 5.69 Å². The molecule has 1 aromatic carbocycles. The minimum absolute atomic E-state index is 0. The van der Waals surface area contributed by atoms with Gasteiger partial charge in [-0.15, -0.1) is 0 Å². The first-order chi connectivity index (χ1) is 8.00. The molecule has 1 rings (SSSR count). The van der Waals surface area contributed by atoms with E-state index < -0.39 is 10.1 Å². The monoisotopic (exact) mass is 274 g/mol. The molecular weight excluding hydrogens is 252 g/mol. The molecule has 0 amide bonds. The highest BCUT2D eigenvalue weighted by molar-refractivity contribution is 7.86. The molecule has 0 saturated carbocycles. The van der Waals surface area contributed by atoms with Gasteiger partial charge in [0.1, 0.15) is 10.1 Å². The van der Waals surface area contributed by atoms with Gasteiger partial charge in [0, 0.05) is 13.1 Å². The maximum Gasteiger partial charge on any atom is 0.126 e. The molecule has 5 nitrogen and oxygen atoms in total. The topological polar surface area (TPSA) is 96.9 Å². The normalized spacial score (nSPS) is 10.8. The van der Waals surface area contributed by atoms with Crippen LogP contribution in [0.3, 0.4) is 0 Å². The van der Waals surface area contributed by atoms with Crippen molar-refractivity contribution in [3.8, 4) is 0 Å². The largest absolute Gasteiger partial charge is 0.744 e. The Balaban J connectivity index is 0.00000289. The van der Waals surface area contributed by atoms with Gasteiger partial charge < -0.3 is 15.6 Å². The molecule has 0 aliphatic carbocycles. The van der Waals surface area contributed by atoms with Crippen molar-refractivity contribution in [2.24, 2.45) is 0 Å². The molecule has 0 aromatic heterocycles. The SMILES string of the molecule is CCCN(CCC)c1ccccc1S(=O)(=O)[O-].[NH4+]. The smallest absolute Gasteiger partial charge is 0.126 e. The van der Waals surface area contributed by atoms with Gasteiger partial charge in [0.05, 0.1) is 10.6 Å². The quantitative estimate of drug-likeness (QED) is 0.806. The summed E-state index contributed by atoms with van der Waals surface area (Å²) in [4.78, 5) is 1.83. The summed E-state index contributed by atoms with van der Waals surface area (Å²) in [7, 11) is -4.41. The van der Waals surface area contributed by atoms with Crippen molar-refractivity contribution >= 4 is 15.8 Å². The van der Waals surface area contributed by atoms with Crippen LogP contribution in [0.5, 0.6) is 0 Å². The fourth-order valence-corrected chi connectivity index (χ4v) is 2.52. The first-order valence-corrected chi connectivity index (χ1v) is 7.21. The van der Waals surface area contributed by atoms with E-state index in [2.05, 4.69) is 0 Å². The summed E-state index contributed by atoms with van der Waals surface area (Å²) in [6, 6.07) is 6.39. The molecule has 18 heavy (non-hydrogen) atoms. The molecule has 0 fully saturated rings. The summed E-state index contributed by atoms with van der Waals surface area (Å²) >= 11 is 0. The van der Waals surface area contributed by atoms with Crippen LogP contribution in [-0.2, 0) is 10.1 Å². The van der Waals surface area contributed by atoms with Crippen molar-refractivity contribution < 1.29 is 13.0 Å². The second-order valence-electron chi connectivity index (χ2n) is 3.91. The Morgan fingerprint density at radius 3 is 2.06 bits per heavy atom. The highest BCUT2D eigenvalue weighted by Crippen LogP contribution is 2.25. The highest BCUT2D eigenvalue weighted by Gasteiger charge is 2.13. The van der Waals surface area contributed by atoms with Gasteiger partial charge in [0.25, 0.3) is 0 Å². The fourth-order valence-electron chi connectivity index (χ4n) is 1.82. The summed E-state index contributed by atoms with van der Waals surface area (Å²) in [5, 5.41) is 0. The second-order valence-corrected chi connectivity index (χ2v) is 5.26. The minimum atomic E-state index is -4.41. The van der Waals surface area contributed by atoms with E-state index >= 15 is 0 Å². The van der Waals surface area contributed by atoms with E-state index in [1.807, 2.05) is 18.7 Å². The molecule has 0 unspecified atom stereocenters. The zero-order chi connectivity index (χ0) is 12.9. The summed E-state index contributed by atoms with van der Waals surface area (Å²) in [5.41, 5.74) is 0.520. The van der Waals surface area contributed by atoms with Crippen LogP contribution in [-0.4, -0.2) is 26.1 Å². The minimum Gasteiger partial charge on any atom is -0.744 e. The Kier molecular flexibility index (Phi) is 6.90. The van der Waals surface area contributed by atoms with Gasteiger partial charge in [-0.2, -0.15) is 0 Å². The second kappa shape index (κ2) is 7.35. The molecule has 0 saturated heterocycles. The lowest BCUT2D eigenvalue weighted by Crippen LogP contribution is -2.26. The van der Waals surface area contributed by atoms with E-state index in [1.165, 1.54) is 6.07 Å².